The van der Waals surface area contributed by atoms with Crippen LogP contribution in [0.4, 0.5) is 0 Å². The monoisotopic (exact) mass is 566 g/mol. The highest BCUT2D eigenvalue weighted by Gasteiger charge is 2.33. The standard InChI is InChI=1S/C14H24N4O8P2S4/c1-5-21-27(29,22-6-2)31-13-17-15-11(25-13)9(19)10(20)12-16-18-14(26-12)32-28(30,23-7-3)24-8-4/h9-10,19-20H,5-8H2,1-4H3. The number of hydrogen-bond acceptors (Lipinski definition) is 16. The summed E-state index contributed by atoms with van der Waals surface area (Å²) in [6.07, 6.45) is -3.26. The zero-order valence-corrected chi connectivity index (χ0v) is 22.7. The van der Waals surface area contributed by atoms with Crippen molar-refractivity contribution in [3.8, 4) is 0 Å². The van der Waals surface area contributed by atoms with Gasteiger partial charge in [-0.05, 0) is 51.3 Å². The van der Waals surface area contributed by atoms with Crippen LogP contribution in [0, 0.1) is 0 Å². The van der Waals surface area contributed by atoms with Crippen LogP contribution in [0.15, 0.2) is 19.3 Å². The summed E-state index contributed by atoms with van der Waals surface area (Å²) in [5.41, 5.74) is -5.47. The van der Waals surface area contributed by atoms with Crippen molar-refractivity contribution in [1.82, 2.24) is 20.4 Å². The lowest BCUT2D eigenvalue weighted by atomic mass is 10.2. The highest BCUT2D eigenvalue weighted by atomic mass is 32.9. The van der Waals surface area contributed by atoms with Gasteiger partial charge in [-0.25, -0.2) is 0 Å². The van der Waals surface area contributed by atoms with Crippen LogP contribution in [0.25, 0.3) is 0 Å². The van der Waals surface area contributed by atoms with E-state index in [0.717, 1.165) is 22.8 Å². The zero-order chi connectivity index (χ0) is 23.8. The van der Waals surface area contributed by atoms with E-state index in [0.29, 0.717) is 26.4 Å². The first kappa shape index (κ1) is 28.3. The summed E-state index contributed by atoms with van der Waals surface area (Å²) < 4.78 is 32.8. The van der Waals surface area contributed by atoms with E-state index in [1.807, 2.05) is 0 Å². The lowest BCUT2D eigenvalue weighted by Gasteiger charge is -2.17. The Hall–Kier alpha value is 0.0400. The van der Waals surface area contributed by atoms with Gasteiger partial charge in [-0.1, -0.05) is 0 Å². The van der Waals surface area contributed by atoms with Crippen LogP contribution in [0.2, 0.25) is 0 Å². The second kappa shape index (κ2) is 13.2. The first-order valence-corrected chi connectivity index (χ1v) is 17.5. The van der Waals surface area contributed by atoms with Crippen LogP contribution < -0.4 is 0 Å². The molecular formula is C14H24N4O8P2S4. The molecule has 0 amide bonds. The maximum Gasteiger partial charge on any atom is 0.285 e. The van der Waals surface area contributed by atoms with E-state index in [1.165, 1.54) is 0 Å². The molecule has 0 bridgehead atoms. The zero-order valence-electron chi connectivity index (χ0n) is 17.6. The quantitative estimate of drug-likeness (QED) is 0.298. The van der Waals surface area contributed by atoms with Gasteiger partial charge in [0.1, 0.15) is 0 Å². The number of hydrogen-bond donors (Lipinski definition) is 2. The van der Waals surface area contributed by atoms with Crippen LogP contribution >= 0.6 is 34.2 Å². The molecule has 0 fully saturated rings. The van der Waals surface area contributed by atoms with Crippen molar-refractivity contribution in [3.05, 3.63) is 11.8 Å². The molecule has 32 heavy (non-hydrogen) atoms. The number of aliphatic hydroxyl groups excluding tert-OH is 2. The van der Waals surface area contributed by atoms with E-state index in [-0.39, 0.29) is 22.2 Å². The summed E-state index contributed by atoms with van der Waals surface area (Å²) in [4.78, 5) is 0. The Morgan fingerprint density at radius 1 is 0.719 bits per heavy atom. The Bertz CT molecular complexity index is 853. The molecule has 2 unspecified atom stereocenters. The van der Waals surface area contributed by atoms with Crippen molar-refractivity contribution in [2.45, 2.75) is 50.3 Å². The van der Waals surface area contributed by atoms with Crippen molar-refractivity contribution in [2.24, 2.45) is 0 Å². The lowest BCUT2D eigenvalue weighted by Crippen LogP contribution is -2.11. The molecule has 0 aliphatic rings. The summed E-state index contributed by atoms with van der Waals surface area (Å²) in [6.45, 7) is 8.56. The second-order valence-corrected chi connectivity index (χ2v) is 17.6. The molecule has 2 aromatic rings. The minimum absolute atomic E-state index is 0.0346. The van der Waals surface area contributed by atoms with Crippen molar-refractivity contribution >= 4 is 57.8 Å². The molecule has 12 nitrogen and oxygen atoms in total. The van der Waals surface area contributed by atoms with Crippen LogP contribution in [0.3, 0.4) is 0 Å². The van der Waals surface area contributed by atoms with Gasteiger partial charge in [0.05, 0.1) is 26.4 Å². The van der Waals surface area contributed by atoms with Crippen LogP contribution in [-0.4, -0.2) is 57.0 Å². The topological polar surface area (TPSA) is 155 Å². The largest absolute Gasteiger partial charge is 0.413 e. The van der Waals surface area contributed by atoms with Crippen molar-refractivity contribution in [2.75, 3.05) is 26.4 Å². The van der Waals surface area contributed by atoms with E-state index in [9.17, 15) is 10.2 Å². The number of rotatable bonds is 15. The van der Waals surface area contributed by atoms with Crippen LogP contribution in [0.1, 0.15) is 51.7 Å². The molecule has 182 valence electrons. The van der Waals surface area contributed by atoms with Gasteiger partial charge < -0.3 is 37.1 Å². The molecule has 2 aromatic heterocycles. The van der Waals surface area contributed by atoms with Gasteiger partial charge in [0.2, 0.25) is 11.8 Å². The van der Waals surface area contributed by atoms with E-state index in [2.05, 4.69) is 20.4 Å². The number of aliphatic hydroxyl groups is 2. The minimum atomic E-state index is -2.73. The smallest absolute Gasteiger partial charge is 0.285 e. The van der Waals surface area contributed by atoms with Crippen LogP contribution in [-0.2, 0) is 41.7 Å². The molecule has 0 saturated carbocycles. The third-order valence-corrected chi connectivity index (χ3v) is 12.7. The average Bonchev–Trinajstić information content (AvgIpc) is 3.37. The lowest BCUT2D eigenvalue weighted by molar-refractivity contribution is -0.0172. The molecule has 0 aliphatic heterocycles. The maximum atomic E-state index is 10.4. The predicted octanol–water partition coefficient (Wildman–Crippen LogP) is 4.00. The van der Waals surface area contributed by atoms with Gasteiger partial charge in [0.25, 0.3) is 21.8 Å². The van der Waals surface area contributed by atoms with Gasteiger partial charge >= 0.3 is 0 Å². The van der Waals surface area contributed by atoms with Gasteiger partial charge in [-0.2, -0.15) is 0 Å². The third kappa shape index (κ3) is 8.07. The first-order chi connectivity index (χ1) is 15.2. The third-order valence-electron chi connectivity index (χ3n) is 3.18. The molecule has 0 aliphatic carbocycles. The molecule has 18 heteroatoms. The van der Waals surface area contributed by atoms with Crippen LogP contribution in [0.5, 0.6) is 0 Å². The summed E-state index contributed by atoms with van der Waals surface area (Å²) in [5, 5.41) is 36.1. The molecule has 0 spiro atoms. The number of nitrogens with zero attached hydrogens (tertiary/aromatic N) is 4. The fourth-order valence-corrected chi connectivity index (χ4v) is 10.3. The maximum absolute atomic E-state index is 10.4. The van der Waals surface area contributed by atoms with E-state index in [4.69, 9.17) is 50.5 Å². The SMILES string of the molecule is CCOP(=S)(OCC)Sc1nnc(C(O)C(O)c2nnc(SP(=S)(OCC)OCC)o2)o1. The molecular weight excluding hydrogens is 542 g/mol. The molecule has 0 aromatic carbocycles. The Morgan fingerprint density at radius 3 is 1.31 bits per heavy atom. The van der Waals surface area contributed by atoms with Gasteiger partial charge in [-0.3, -0.25) is 0 Å². The molecule has 2 atom stereocenters. The highest BCUT2D eigenvalue weighted by molar-refractivity contribution is 8.68. The number of aromatic nitrogens is 4. The average molecular weight is 567 g/mol. The Labute approximate surface area is 203 Å². The Balaban J connectivity index is 2.09. The predicted molar refractivity (Wildman–Crippen MR) is 125 cm³/mol. The Morgan fingerprint density at radius 2 is 1.03 bits per heavy atom. The normalized spacial score (nSPS) is 14.6. The first-order valence-electron chi connectivity index (χ1n) is 9.39. The Kier molecular flexibility index (Phi) is 11.7. The van der Waals surface area contributed by atoms with E-state index < -0.39 is 23.6 Å². The van der Waals surface area contributed by atoms with Crippen molar-refractivity contribution in [3.63, 3.8) is 0 Å². The molecule has 0 saturated heterocycles. The fraction of sp³-hybridized carbons (Fsp3) is 0.714. The molecule has 2 rings (SSSR count). The minimum Gasteiger partial charge on any atom is -0.413 e. The van der Waals surface area contributed by atoms with Crippen molar-refractivity contribution < 1.29 is 37.1 Å². The van der Waals surface area contributed by atoms with Gasteiger partial charge in [0.15, 0.2) is 12.2 Å². The van der Waals surface area contributed by atoms with Gasteiger partial charge in [-0.15, -0.1) is 20.4 Å². The molecule has 2 N–H and O–H groups in total. The summed E-state index contributed by atoms with van der Waals surface area (Å²) in [7, 11) is 0. The summed E-state index contributed by atoms with van der Waals surface area (Å²) >= 11 is 12.7. The summed E-state index contributed by atoms with van der Waals surface area (Å²) in [5.74, 6) is -0.536. The van der Waals surface area contributed by atoms with E-state index in [1.54, 1.807) is 27.7 Å². The second-order valence-electron chi connectivity index (χ2n) is 5.45. The molecule has 2 heterocycles. The van der Waals surface area contributed by atoms with Gasteiger partial charge in [0, 0.05) is 22.8 Å². The molecule has 0 radical (unpaired) electrons. The van der Waals surface area contributed by atoms with E-state index >= 15 is 0 Å². The fourth-order valence-electron chi connectivity index (χ4n) is 2.03. The highest BCUT2D eigenvalue weighted by Crippen LogP contribution is 2.64. The van der Waals surface area contributed by atoms with Crippen molar-refractivity contribution in [1.29, 1.82) is 0 Å². The summed E-state index contributed by atoms with van der Waals surface area (Å²) in [6, 6.07) is 0.